The number of aromatic nitrogens is 2. The summed E-state index contributed by atoms with van der Waals surface area (Å²) in [5.74, 6) is 0.647. The van der Waals surface area contributed by atoms with Crippen LogP contribution in [0.5, 0.6) is 0 Å². The van der Waals surface area contributed by atoms with Crippen molar-refractivity contribution in [1.29, 1.82) is 0 Å². The highest BCUT2D eigenvalue weighted by molar-refractivity contribution is 5.50. The van der Waals surface area contributed by atoms with E-state index in [1.165, 1.54) is 32.1 Å². The molecule has 2 rings (SSSR count). The molecule has 16 heavy (non-hydrogen) atoms. The van der Waals surface area contributed by atoms with Crippen LogP contribution in [0.1, 0.15) is 37.8 Å². The lowest BCUT2D eigenvalue weighted by Crippen LogP contribution is -2.14. The van der Waals surface area contributed by atoms with E-state index in [-0.39, 0.29) is 0 Å². The minimum atomic E-state index is 0.647. The average molecular weight is 219 g/mol. The lowest BCUT2D eigenvalue weighted by molar-refractivity contribution is 0.405. The fraction of sp³-hybridized carbons (Fsp3) is 0.615. The van der Waals surface area contributed by atoms with Gasteiger partial charge in [-0.1, -0.05) is 25.8 Å². The molecular formula is C13H21N3. The number of nitrogens with zero attached hydrogens (tertiary/aromatic N) is 2. The maximum absolute atomic E-state index is 4.32. The van der Waals surface area contributed by atoms with Crippen molar-refractivity contribution < 1.29 is 0 Å². The van der Waals surface area contributed by atoms with E-state index in [4.69, 9.17) is 0 Å². The summed E-state index contributed by atoms with van der Waals surface area (Å²) in [6.07, 6.45) is 8.66. The second-order valence-corrected chi connectivity index (χ2v) is 4.79. The first-order valence-electron chi connectivity index (χ1n) is 6.13. The van der Waals surface area contributed by atoms with Gasteiger partial charge in [-0.3, -0.25) is 4.68 Å². The van der Waals surface area contributed by atoms with E-state index in [1.807, 2.05) is 24.9 Å². The summed E-state index contributed by atoms with van der Waals surface area (Å²) in [4.78, 5) is 0. The van der Waals surface area contributed by atoms with Crippen LogP contribution in [-0.2, 0) is 7.05 Å². The third-order valence-electron chi connectivity index (χ3n) is 3.41. The molecule has 0 saturated heterocycles. The number of anilines is 1. The summed E-state index contributed by atoms with van der Waals surface area (Å²) >= 11 is 0. The monoisotopic (exact) mass is 219 g/mol. The van der Waals surface area contributed by atoms with Crippen molar-refractivity contribution in [2.24, 2.45) is 13.0 Å². The Bertz CT molecular complexity index is 373. The first-order chi connectivity index (χ1) is 7.66. The summed E-state index contributed by atoms with van der Waals surface area (Å²) < 4.78 is 1.84. The van der Waals surface area contributed by atoms with Gasteiger partial charge in [0.2, 0.25) is 0 Å². The molecule has 88 valence electrons. The molecule has 0 amide bonds. The van der Waals surface area contributed by atoms with Crippen molar-refractivity contribution >= 4 is 5.69 Å². The number of nitrogens with one attached hydrogen (secondary N) is 1. The molecule has 1 aliphatic rings. The zero-order valence-corrected chi connectivity index (χ0v) is 10.3. The van der Waals surface area contributed by atoms with Gasteiger partial charge in [-0.05, 0) is 25.7 Å². The second-order valence-electron chi connectivity index (χ2n) is 4.79. The van der Waals surface area contributed by atoms with Crippen LogP contribution in [0.3, 0.4) is 0 Å². The number of aryl methyl sites for hydroxylation is 2. The summed E-state index contributed by atoms with van der Waals surface area (Å²) in [6.45, 7) is 6.20. The van der Waals surface area contributed by atoms with Crippen molar-refractivity contribution in [1.82, 2.24) is 9.78 Å². The quantitative estimate of drug-likeness (QED) is 0.845. The van der Waals surface area contributed by atoms with Gasteiger partial charge in [0.05, 0.1) is 11.4 Å². The summed E-state index contributed by atoms with van der Waals surface area (Å²) in [6, 6.07) is 0. The van der Waals surface area contributed by atoms with Crippen molar-refractivity contribution in [2.75, 3.05) is 5.32 Å². The van der Waals surface area contributed by atoms with Crippen LogP contribution < -0.4 is 5.32 Å². The highest BCUT2D eigenvalue weighted by atomic mass is 15.3. The number of allylic oxidation sites excluding steroid dienone is 1. The number of hydrogen-bond acceptors (Lipinski definition) is 2. The van der Waals surface area contributed by atoms with E-state index in [1.54, 1.807) is 0 Å². The Morgan fingerprint density at radius 3 is 2.69 bits per heavy atom. The summed E-state index contributed by atoms with van der Waals surface area (Å²) in [5.41, 5.74) is 3.30. The Morgan fingerprint density at radius 2 is 2.12 bits per heavy atom. The fourth-order valence-electron chi connectivity index (χ4n) is 2.45. The lowest BCUT2D eigenvalue weighted by Gasteiger charge is -2.24. The van der Waals surface area contributed by atoms with Gasteiger partial charge in [0.15, 0.2) is 0 Å². The molecule has 1 heterocycles. The Kier molecular flexibility index (Phi) is 3.32. The molecule has 0 aliphatic heterocycles. The molecule has 0 unspecified atom stereocenters. The van der Waals surface area contributed by atoms with Gasteiger partial charge in [0.25, 0.3) is 0 Å². The lowest BCUT2D eigenvalue weighted by atomic mass is 9.87. The van der Waals surface area contributed by atoms with Gasteiger partial charge in [-0.25, -0.2) is 0 Å². The van der Waals surface area contributed by atoms with Crippen LogP contribution in [0, 0.1) is 12.8 Å². The molecule has 1 aliphatic carbocycles. The third-order valence-corrected chi connectivity index (χ3v) is 3.41. The van der Waals surface area contributed by atoms with E-state index in [9.17, 15) is 0 Å². The van der Waals surface area contributed by atoms with Crippen LogP contribution in [0.15, 0.2) is 18.5 Å². The zero-order valence-electron chi connectivity index (χ0n) is 10.3. The van der Waals surface area contributed by atoms with Crippen LogP contribution in [0.2, 0.25) is 0 Å². The highest BCUT2D eigenvalue weighted by Crippen LogP contribution is 2.29. The molecule has 1 saturated carbocycles. The first kappa shape index (κ1) is 11.2. The summed E-state index contributed by atoms with van der Waals surface area (Å²) in [7, 11) is 1.95. The molecule has 0 aromatic carbocycles. The molecular weight excluding hydrogens is 198 g/mol. The second kappa shape index (κ2) is 4.73. The van der Waals surface area contributed by atoms with Crippen LogP contribution >= 0.6 is 0 Å². The zero-order chi connectivity index (χ0) is 11.5. The van der Waals surface area contributed by atoms with Gasteiger partial charge in [0.1, 0.15) is 0 Å². The number of hydrogen-bond donors (Lipinski definition) is 1. The molecule has 3 nitrogen and oxygen atoms in total. The normalized spacial score (nSPS) is 17.4. The molecule has 1 N–H and O–H groups in total. The molecule has 1 aromatic heterocycles. The topological polar surface area (TPSA) is 29.9 Å². The maximum Gasteiger partial charge on any atom is 0.0828 e. The van der Waals surface area contributed by atoms with Crippen LogP contribution in [0.25, 0.3) is 0 Å². The minimum Gasteiger partial charge on any atom is -0.356 e. The number of rotatable bonds is 3. The van der Waals surface area contributed by atoms with E-state index in [0.717, 1.165) is 17.1 Å². The van der Waals surface area contributed by atoms with Crippen molar-refractivity contribution in [3.8, 4) is 0 Å². The molecule has 0 radical (unpaired) electrons. The smallest absolute Gasteiger partial charge is 0.0828 e. The Labute approximate surface area is 97.5 Å². The average Bonchev–Trinajstić information content (AvgIpc) is 2.59. The maximum atomic E-state index is 4.32. The third kappa shape index (κ3) is 2.46. The Morgan fingerprint density at radius 1 is 1.44 bits per heavy atom. The standard InChI is InChI=1S/C13H21N3/c1-10(12-7-5-4-6-8-12)14-13-9-16(3)15-11(13)2/h9,12,14H,1,4-8H2,2-3H3. The predicted octanol–water partition coefficient (Wildman–Crippen LogP) is 3.23. The molecule has 0 bridgehead atoms. The molecule has 1 fully saturated rings. The molecule has 3 heteroatoms. The molecule has 1 aromatic rings. The predicted molar refractivity (Wildman–Crippen MR) is 67.3 cm³/mol. The summed E-state index contributed by atoms with van der Waals surface area (Å²) in [5, 5.41) is 7.75. The van der Waals surface area contributed by atoms with Crippen molar-refractivity contribution in [3.05, 3.63) is 24.2 Å². The van der Waals surface area contributed by atoms with Crippen molar-refractivity contribution in [2.45, 2.75) is 39.0 Å². The first-order valence-corrected chi connectivity index (χ1v) is 6.13. The largest absolute Gasteiger partial charge is 0.356 e. The Hall–Kier alpha value is -1.25. The van der Waals surface area contributed by atoms with E-state index >= 15 is 0 Å². The van der Waals surface area contributed by atoms with E-state index in [0.29, 0.717) is 5.92 Å². The molecule has 0 atom stereocenters. The van der Waals surface area contributed by atoms with Gasteiger partial charge >= 0.3 is 0 Å². The van der Waals surface area contributed by atoms with Crippen LogP contribution in [0.4, 0.5) is 5.69 Å². The SMILES string of the molecule is C=C(Nc1cn(C)nc1C)C1CCCCC1. The minimum absolute atomic E-state index is 0.647. The van der Waals surface area contributed by atoms with Gasteiger partial charge in [0, 0.05) is 18.9 Å². The highest BCUT2D eigenvalue weighted by Gasteiger charge is 2.17. The van der Waals surface area contributed by atoms with E-state index < -0.39 is 0 Å². The van der Waals surface area contributed by atoms with Gasteiger partial charge in [-0.2, -0.15) is 5.10 Å². The van der Waals surface area contributed by atoms with Gasteiger partial charge in [-0.15, -0.1) is 0 Å². The van der Waals surface area contributed by atoms with Gasteiger partial charge < -0.3 is 5.32 Å². The fourth-order valence-corrected chi connectivity index (χ4v) is 2.45. The van der Waals surface area contributed by atoms with E-state index in [2.05, 4.69) is 17.0 Å². The van der Waals surface area contributed by atoms with Crippen molar-refractivity contribution in [3.63, 3.8) is 0 Å². The molecule has 0 spiro atoms. The van der Waals surface area contributed by atoms with Crippen LogP contribution in [-0.4, -0.2) is 9.78 Å². The Balaban J connectivity index is 1.98.